The second kappa shape index (κ2) is 8.81. The molecular weight excluding hydrogens is 363 g/mol. The quantitative estimate of drug-likeness (QED) is 0.652. The molecule has 28 heavy (non-hydrogen) atoms. The first-order valence-electron chi connectivity index (χ1n) is 8.43. The number of methoxy groups -OCH3 is 2. The Bertz CT molecular complexity index is 964. The molecule has 0 atom stereocenters. The van der Waals surface area contributed by atoms with Crippen molar-refractivity contribution < 1.29 is 18.7 Å². The Morgan fingerprint density at radius 2 is 1.89 bits per heavy atom. The highest BCUT2D eigenvalue weighted by molar-refractivity contribution is 5.92. The molecule has 1 aromatic heterocycles. The third-order valence-corrected chi connectivity index (χ3v) is 3.95. The summed E-state index contributed by atoms with van der Waals surface area (Å²) in [7, 11) is 3.13. The number of amides is 1. The van der Waals surface area contributed by atoms with Crippen LogP contribution in [0.25, 0.3) is 0 Å². The van der Waals surface area contributed by atoms with Gasteiger partial charge in [-0.05, 0) is 18.2 Å². The highest BCUT2D eigenvalue weighted by atomic mass is 19.1. The first-order valence-corrected chi connectivity index (χ1v) is 8.43. The molecule has 8 heteroatoms. The maximum atomic E-state index is 13.6. The van der Waals surface area contributed by atoms with Crippen LogP contribution in [-0.4, -0.2) is 30.1 Å². The monoisotopic (exact) mass is 382 g/mol. The fraction of sp³-hybridized carbons (Fsp3) is 0.150. The number of benzene rings is 2. The van der Waals surface area contributed by atoms with E-state index in [-0.39, 0.29) is 18.1 Å². The highest BCUT2D eigenvalue weighted by Gasteiger charge is 2.11. The molecule has 0 spiro atoms. The molecule has 1 amide bonds. The van der Waals surface area contributed by atoms with E-state index in [1.54, 1.807) is 50.6 Å². The number of nitrogens with zero attached hydrogens (tertiary/aromatic N) is 2. The lowest BCUT2D eigenvalue weighted by Crippen LogP contribution is -2.24. The topological polar surface area (TPSA) is 85.4 Å². The number of rotatable bonds is 7. The second-order valence-electron chi connectivity index (χ2n) is 5.75. The highest BCUT2D eigenvalue weighted by Crippen LogP contribution is 2.30. The summed E-state index contributed by atoms with van der Waals surface area (Å²) >= 11 is 0. The molecule has 3 aromatic rings. The van der Waals surface area contributed by atoms with E-state index in [0.717, 1.165) is 0 Å². The largest absolute Gasteiger partial charge is 0.497 e. The molecule has 0 radical (unpaired) electrons. The average Bonchev–Trinajstić information content (AvgIpc) is 2.73. The van der Waals surface area contributed by atoms with Crippen LogP contribution in [-0.2, 0) is 6.54 Å². The molecule has 0 fully saturated rings. The normalized spacial score (nSPS) is 10.2. The predicted molar refractivity (Wildman–Crippen MR) is 102 cm³/mol. The van der Waals surface area contributed by atoms with Crippen LogP contribution in [0.5, 0.6) is 11.5 Å². The molecule has 0 aliphatic rings. The van der Waals surface area contributed by atoms with Crippen LogP contribution in [0.1, 0.15) is 16.1 Å². The van der Waals surface area contributed by atoms with Crippen LogP contribution in [0, 0.1) is 5.82 Å². The summed E-state index contributed by atoms with van der Waals surface area (Å²) in [6.07, 6.45) is 2.77. The smallest absolute Gasteiger partial charge is 0.271 e. The lowest BCUT2D eigenvalue weighted by Gasteiger charge is -2.12. The van der Waals surface area contributed by atoms with Gasteiger partial charge in [0.2, 0.25) is 0 Å². The number of hydrogen-bond donors (Lipinski definition) is 2. The van der Waals surface area contributed by atoms with Crippen molar-refractivity contribution in [2.75, 3.05) is 19.5 Å². The Morgan fingerprint density at radius 3 is 2.57 bits per heavy atom. The van der Waals surface area contributed by atoms with Crippen molar-refractivity contribution >= 4 is 17.4 Å². The fourth-order valence-electron chi connectivity index (χ4n) is 2.47. The number of carbonyl (C=O) groups excluding carboxylic acids is 1. The molecule has 3 rings (SSSR count). The van der Waals surface area contributed by atoms with Crippen LogP contribution >= 0.6 is 0 Å². The number of anilines is 2. The number of aromatic nitrogens is 2. The Balaban J connectivity index is 1.66. The van der Waals surface area contributed by atoms with Crippen LogP contribution in [0.4, 0.5) is 15.9 Å². The van der Waals surface area contributed by atoms with Crippen LogP contribution in [0.2, 0.25) is 0 Å². The molecule has 1 heterocycles. The Morgan fingerprint density at radius 1 is 1.07 bits per heavy atom. The van der Waals surface area contributed by atoms with Crippen molar-refractivity contribution in [3.8, 4) is 11.5 Å². The van der Waals surface area contributed by atoms with E-state index >= 15 is 0 Å². The van der Waals surface area contributed by atoms with E-state index in [1.807, 2.05) is 0 Å². The Labute approximate surface area is 161 Å². The van der Waals surface area contributed by atoms with Gasteiger partial charge in [0.25, 0.3) is 5.91 Å². The van der Waals surface area contributed by atoms with Gasteiger partial charge in [0.1, 0.15) is 28.8 Å². The third-order valence-electron chi connectivity index (χ3n) is 3.95. The Hall–Kier alpha value is -3.68. The number of ether oxygens (including phenoxy) is 2. The zero-order chi connectivity index (χ0) is 19.9. The van der Waals surface area contributed by atoms with Gasteiger partial charge in [0.05, 0.1) is 32.3 Å². The van der Waals surface area contributed by atoms with Crippen molar-refractivity contribution in [2.45, 2.75) is 6.54 Å². The van der Waals surface area contributed by atoms with Crippen LogP contribution < -0.4 is 20.1 Å². The average molecular weight is 382 g/mol. The second-order valence-corrected chi connectivity index (χ2v) is 5.75. The van der Waals surface area contributed by atoms with E-state index in [1.165, 1.54) is 18.5 Å². The van der Waals surface area contributed by atoms with Crippen molar-refractivity contribution in [3.63, 3.8) is 0 Å². The molecule has 144 valence electrons. The molecule has 0 aliphatic carbocycles. The van der Waals surface area contributed by atoms with Gasteiger partial charge in [-0.15, -0.1) is 0 Å². The first-order chi connectivity index (χ1) is 13.6. The zero-order valence-electron chi connectivity index (χ0n) is 15.4. The van der Waals surface area contributed by atoms with E-state index < -0.39 is 5.91 Å². The minimum Gasteiger partial charge on any atom is -0.497 e. The first kappa shape index (κ1) is 19.1. The van der Waals surface area contributed by atoms with Gasteiger partial charge in [0, 0.05) is 18.2 Å². The number of halogens is 1. The van der Waals surface area contributed by atoms with Gasteiger partial charge >= 0.3 is 0 Å². The number of nitrogens with one attached hydrogen (secondary N) is 2. The summed E-state index contributed by atoms with van der Waals surface area (Å²) in [5, 5.41) is 5.69. The van der Waals surface area contributed by atoms with Gasteiger partial charge in [0.15, 0.2) is 0 Å². The lowest BCUT2D eigenvalue weighted by molar-refractivity contribution is 0.0945. The summed E-state index contributed by atoms with van der Waals surface area (Å²) in [4.78, 5) is 20.5. The van der Waals surface area contributed by atoms with Crippen LogP contribution in [0.3, 0.4) is 0 Å². The summed E-state index contributed by atoms with van der Waals surface area (Å²) < 4.78 is 24.1. The third kappa shape index (κ3) is 4.53. The van der Waals surface area contributed by atoms with E-state index in [0.29, 0.717) is 28.6 Å². The molecule has 0 unspecified atom stereocenters. The fourth-order valence-corrected chi connectivity index (χ4v) is 2.47. The van der Waals surface area contributed by atoms with Gasteiger partial charge < -0.3 is 20.1 Å². The molecule has 0 aliphatic heterocycles. The Kier molecular flexibility index (Phi) is 6.01. The molecule has 0 saturated carbocycles. The van der Waals surface area contributed by atoms with E-state index in [9.17, 15) is 9.18 Å². The minimum atomic E-state index is -0.443. The molecule has 2 N–H and O–H groups in total. The molecule has 0 bridgehead atoms. The number of carbonyl (C=O) groups is 1. The van der Waals surface area contributed by atoms with E-state index in [4.69, 9.17) is 9.47 Å². The SMILES string of the molecule is COc1ccc(OC)c(Nc2cnc(C(=O)NCc3ccccc3F)cn2)c1. The summed E-state index contributed by atoms with van der Waals surface area (Å²) in [6, 6.07) is 11.5. The van der Waals surface area contributed by atoms with Crippen molar-refractivity contribution in [2.24, 2.45) is 0 Å². The van der Waals surface area contributed by atoms with Crippen LogP contribution in [0.15, 0.2) is 54.9 Å². The predicted octanol–water partition coefficient (Wildman–Crippen LogP) is 3.31. The lowest BCUT2D eigenvalue weighted by atomic mass is 10.2. The maximum absolute atomic E-state index is 13.6. The van der Waals surface area contributed by atoms with Gasteiger partial charge in [-0.2, -0.15) is 0 Å². The zero-order valence-corrected chi connectivity index (χ0v) is 15.4. The van der Waals surface area contributed by atoms with Crippen molar-refractivity contribution in [1.29, 1.82) is 0 Å². The van der Waals surface area contributed by atoms with Gasteiger partial charge in [-0.3, -0.25) is 4.79 Å². The summed E-state index contributed by atoms with van der Waals surface area (Å²) in [5.74, 6) is 0.869. The summed E-state index contributed by atoms with van der Waals surface area (Å²) in [6.45, 7) is 0.0637. The molecular formula is C20H19FN4O3. The summed E-state index contributed by atoms with van der Waals surface area (Å²) in [5.41, 5.74) is 1.17. The van der Waals surface area contributed by atoms with Gasteiger partial charge in [-0.25, -0.2) is 14.4 Å². The number of hydrogen-bond acceptors (Lipinski definition) is 6. The standard InChI is InChI=1S/C20H19FN4O3/c1-27-14-7-8-18(28-2)16(9-14)25-19-12-22-17(11-23-19)20(26)24-10-13-5-3-4-6-15(13)21/h3-9,11-12H,10H2,1-2H3,(H,23,25)(H,24,26). The minimum absolute atomic E-state index is 0.0637. The van der Waals surface area contributed by atoms with Crippen molar-refractivity contribution in [1.82, 2.24) is 15.3 Å². The van der Waals surface area contributed by atoms with Gasteiger partial charge in [-0.1, -0.05) is 18.2 Å². The van der Waals surface area contributed by atoms with Crippen molar-refractivity contribution in [3.05, 3.63) is 71.9 Å². The molecule has 0 saturated heterocycles. The van der Waals surface area contributed by atoms with E-state index in [2.05, 4.69) is 20.6 Å². The molecule has 7 nitrogen and oxygen atoms in total. The molecule has 2 aromatic carbocycles. The maximum Gasteiger partial charge on any atom is 0.271 e.